The number of aromatic nitrogens is 2. The van der Waals surface area contributed by atoms with E-state index in [1.165, 1.54) is 0 Å². The average Bonchev–Trinajstić information content (AvgIpc) is 2.63. The van der Waals surface area contributed by atoms with Gasteiger partial charge in [0.05, 0.1) is 6.26 Å². The molecule has 0 radical (unpaired) electrons. The SMILES string of the molecule is Cc1ncc(CSc2ccoc2C)c(N)n1. The van der Waals surface area contributed by atoms with Gasteiger partial charge < -0.3 is 10.2 Å². The lowest BCUT2D eigenvalue weighted by atomic mass is 10.3. The summed E-state index contributed by atoms with van der Waals surface area (Å²) >= 11 is 1.67. The van der Waals surface area contributed by atoms with Gasteiger partial charge in [0.15, 0.2) is 0 Å². The molecule has 4 nitrogen and oxygen atoms in total. The summed E-state index contributed by atoms with van der Waals surface area (Å²) in [6.45, 7) is 3.77. The quantitative estimate of drug-likeness (QED) is 0.828. The third-order valence-electron chi connectivity index (χ3n) is 2.21. The summed E-state index contributed by atoms with van der Waals surface area (Å²) in [5, 5.41) is 0. The highest BCUT2D eigenvalue weighted by Crippen LogP contribution is 2.27. The highest BCUT2D eigenvalue weighted by atomic mass is 32.2. The minimum absolute atomic E-state index is 0.557. The van der Waals surface area contributed by atoms with Crippen LogP contribution in [0.5, 0.6) is 0 Å². The van der Waals surface area contributed by atoms with Crippen molar-refractivity contribution in [1.82, 2.24) is 9.97 Å². The van der Waals surface area contributed by atoms with Crippen LogP contribution < -0.4 is 5.73 Å². The molecule has 5 heteroatoms. The van der Waals surface area contributed by atoms with Gasteiger partial charge >= 0.3 is 0 Å². The molecule has 0 spiro atoms. The molecule has 0 aliphatic heterocycles. The summed E-state index contributed by atoms with van der Waals surface area (Å²) in [6, 6.07) is 1.95. The van der Waals surface area contributed by atoms with Crippen LogP contribution in [0.4, 0.5) is 5.82 Å². The number of hydrogen-bond donors (Lipinski definition) is 1. The number of aryl methyl sites for hydroxylation is 2. The number of thioether (sulfide) groups is 1. The lowest BCUT2D eigenvalue weighted by Gasteiger charge is -2.04. The number of nitrogens with zero attached hydrogens (tertiary/aromatic N) is 2. The molecule has 0 amide bonds. The predicted molar refractivity (Wildman–Crippen MR) is 64.2 cm³/mol. The number of nitrogens with two attached hydrogens (primary N) is 1. The van der Waals surface area contributed by atoms with Gasteiger partial charge in [-0.3, -0.25) is 0 Å². The summed E-state index contributed by atoms with van der Waals surface area (Å²) in [5.74, 6) is 2.94. The number of furan rings is 1. The molecule has 16 heavy (non-hydrogen) atoms. The van der Waals surface area contributed by atoms with Crippen molar-refractivity contribution in [3.63, 3.8) is 0 Å². The van der Waals surface area contributed by atoms with Gasteiger partial charge in [0.1, 0.15) is 17.4 Å². The molecule has 0 saturated carbocycles. The van der Waals surface area contributed by atoms with E-state index in [1.807, 2.05) is 19.9 Å². The maximum atomic E-state index is 5.81. The van der Waals surface area contributed by atoms with Crippen LogP contribution in [-0.2, 0) is 5.75 Å². The van der Waals surface area contributed by atoms with Gasteiger partial charge in [0.2, 0.25) is 0 Å². The summed E-state index contributed by atoms with van der Waals surface area (Å²) in [7, 11) is 0. The average molecular weight is 235 g/mol. The van der Waals surface area contributed by atoms with E-state index in [9.17, 15) is 0 Å². The molecule has 0 atom stereocenters. The smallest absolute Gasteiger partial charge is 0.131 e. The van der Waals surface area contributed by atoms with Crippen molar-refractivity contribution < 1.29 is 4.42 Å². The summed E-state index contributed by atoms with van der Waals surface area (Å²) in [5.41, 5.74) is 6.77. The van der Waals surface area contributed by atoms with Crippen LogP contribution in [-0.4, -0.2) is 9.97 Å². The molecule has 0 aromatic carbocycles. The molecule has 2 rings (SSSR count). The fraction of sp³-hybridized carbons (Fsp3) is 0.273. The third-order valence-corrected chi connectivity index (χ3v) is 3.40. The summed E-state index contributed by atoms with van der Waals surface area (Å²) < 4.78 is 5.22. The van der Waals surface area contributed by atoms with Crippen molar-refractivity contribution >= 4 is 17.6 Å². The first kappa shape index (κ1) is 11.0. The minimum atomic E-state index is 0.557. The second-order valence-corrected chi connectivity index (χ2v) is 4.47. The van der Waals surface area contributed by atoms with Gasteiger partial charge in [-0.05, 0) is 19.9 Å². The Morgan fingerprint density at radius 3 is 2.88 bits per heavy atom. The summed E-state index contributed by atoms with van der Waals surface area (Å²) in [6.07, 6.45) is 3.47. The van der Waals surface area contributed by atoms with Crippen LogP contribution in [0.1, 0.15) is 17.1 Å². The van der Waals surface area contributed by atoms with Gasteiger partial charge in [-0.25, -0.2) is 9.97 Å². The van der Waals surface area contributed by atoms with E-state index >= 15 is 0 Å². The Morgan fingerprint density at radius 2 is 2.25 bits per heavy atom. The third kappa shape index (κ3) is 2.36. The van der Waals surface area contributed by atoms with Crippen molar-refractivity contribution in [2.24, 2.45) is 0 Å². The Bertz CT molecular complexity index is 496. The van der Waals surface area contributed by atoms with Gasteiger partial charge in [0, 0.05) is 22.4 Å². The van der Waals surface area contributed by atoms with Crippen LogP contribution in [0.2, 0.25) is 0 Å². The van der Waals surface area contributed by atoms with Crippen LogP contribution >= 0.6 is 11.8 Å². The molecular weight excluding hydrogens is 222 g/mol. The first-order valence-electron chi connectivity index (χ1n) is 4.91. The van der Waals surface area contributed by atoms with Gasteiger partial charge in [0.25, 0.3) is 0 Å². The zero-order valence-electron chi connectivity index (χ0n) is 9.23. The van der Waals surface area contributed by atoms with Crippen molar-refractivity contribution in [3.8, 4) is 0 Å². The van der Waals surface area contributed by atoms with Crippen molar-refractivity contribution in [1.29, 1.82) is 0 Å². The number of hydrogen-bond acceptors (Lipinski definition) is 5. The van der Waals surface area contributed by atoms with Crippen LogP contribution in [0.25, 0.3) is 0 Å². The normalized spacial score (nSPS) is 10.6. The molecule has 0 unspecified atom stereocenters. The molecule has 0 aliphatic rings. The van der Waals surface area contributed by atoms with E-state index < -0.39 is 0 Å². The Hall–Kier alpha value is -1.49. The standard InChI is InChI=1S/C11H13N3OS/c1-7-10(3-4-15-7)16-6-9-5-13-8(2)14-11(9)12/h3-5H,6H2,1-2H3,(H2,12,13,14). The zero-order chi connectivity index (χ0) is 11.5. The van der Waals surface area contributed by atoms with Crippen LogP contribution in [0.3, 0.4) is 0 Å². The van der Waals surface area contributed by atoms with Gasteiger partial charge in [-0.15, -0.1) is 11.8 Å². The molecule has 2 aromatic rings. The molecule has 0 aliphatic carbocycles. The van der Waals surface area contributed by atoms with Crippen molar-refractivity contribution in [2.75, 3.05) is 5.73 Å². The number of rotatable bonds is 3. The molecule has 84 valence electrons. The first-order chi connectivity index (χ1) is 7.66. The molecule has 0 fully saturated rings. The molecule has 0 saturated heterocycles. The van der Waals surface area contributed by atoms with Crippen molar-refractivity contribution in [3.05, 3.63) is 35.7 Å². The zero-order valence-corrected chi connectivity index (χ0v) is 10.0. The monoisotopic (exact) mass is 235 g/mol. The van der Waals surface area contributed by atoms with Gasteiger partial charge in [-0.1, -0.05) is 0 Å². The van der Waals surface area contributed by atoms with E-state index in [2.05, 4.69) is 9.97 Å². The fourth-order valence-electron chi connectivity index (χ4n) is 1.30. The Kier molecular flexibility index (Phi) is 3.14. The molecule has 0 bridgehead atoms. The van der Waals surface area contributed by atoms with E-state index in [4.69, 9.17) is 10.2 Å². The lowest BCUT2D eigenvalue weighted by molar-refractivity contribution is 0.527. The molecule has 2 aromatic heterocycles. The van der Waals surface area contributed by atoms with Gasteiger partial charge in [-0.2, -0.15) is 0 Å². The van der Waals surface area contributed by atoms with Crippen LogP contribution in [0, 0.1) is 13.8 Å². The van der Waals surface area contributed by atoms with E-state index in [1.54, 1.807) is 24.2 Å². The molecule has 2 heterocycles. The Labute approximate surface area is 98.3 Å². The van der Waals surface area contributed by atoms with E-state index in [0.717, 1.165) is 22.0 Å². The number of anilines is 1. The Balaban J connectivity index is 2.08. The van der Waals surface area contributed by atoms with Crippen molar-refractivity contribution in [2.45, 2.75) is 24.5 Å². The largest absolute Gasteiger partial charge is 0.468 e. The summed E-state index contributed by atoms with van der Waals surface area (Å²) in [4.78, 5) is 9.39. The lowest BCUT2D eigenvalue weighted by Crippen LogP contribution is -2.00. The second kappa shape index (κ2) is 4.57. The Morgan fingerprint density at radius 1 is 1.44 bits per heavy atom. The van der Waals surface area contributed by atoms with E-state index in [-0.39, 0.29) is 0 Å². The van der Waals surface area contributed by atoms with Crippen LogP contribution in [0.15, 0.2) is 27.8 Å². The topological polar surface area (TPSA) is 64.9 Å². The molecule has 2 N–H and O–H groups in total. The highest BCUT2D eigenvalue weighted by molar-refractivity contribution is 7.98. The predicted octanol–water partition coefficient (Wildman–Crippen LogP) is 2.56. The number of nitrogen functional groups attached to an aromatic ring is 1. The van der Waals surface area contributed by atoms with E-state index in [0.29, 0.717) is 11.6 Å². The molecular formula is C11H13N3OS. The first-order valence-corrected chi connectivity index (χ1v) is 5.90. The minimum Gasteiger partial charge on any atom is -0.468 e. The second-order valence-electron chi connectivity index (χ2n) is 3.46. The fourth-order valence-corrected chi connectivity index (χ4v) is 2.24. The maximum Gasteiger partial charge on any atom is 0.131 e. The highest BCUT2D eigenvalue weighted by Gasteiger charge is 2.06. The maximum absolute atomic E-state index is 5.81.